The van der Waals surface area contributed by atoms with Crippen LogP contribution in [0.3, 0.4) is 0 Å². The monoisotopic (exact) mass is 350 g/mol. The summed E-state index contributed by atoms with van der Waals surface area (Å²) < 4.78 is 5.40. The lowest BCUT2D eigenvalue weighted by Gasteiger charge is -2.12. The van der Waals surface area contributed by atoms with E-state index < -0.39 is 0 Å². The molecule has 0 aliphatic rings. The standard InChI is InChI=1S/C20H22N4O2/c1-4-14(3)21-20(25)22-16-11-9-15(10-12-16)18-23-19(26-24-18)17-8-6-5-7-13(17)2/h5-12,14H,4H2,1-3H3,(H2,21,22,25)/t14-/m0/s1. The Morgan fingerprint density at radius 3 is 2.58 bits per heavy atom. The molecule has 26 heavy (non-hydrogen) atoms. The molecule has 0 unspecified atom stereocenters. The summed E-state index contributed by atoms with van der Waals surface area (Å²) in [5.74, 6) is 1.01. The third-order valence-corrected chi connectivity index (χ3v) is 4.19. The first kappa shape index (κ1) is 17.7. The maximum Gasteiger partial charge on any atom is 0.319 e. The zero-order valence-electron chi connectivity index (χ0n) is 15.1. The van der Waals surface area contributed by atoms with Crippen LogP contribution in [0.4, 0.5) is 10.5 Å². The number of amides is 2. The van der Waals surface area contributed by atoms with Gasteiger partial charge in [0.25, 0.3) is 5.89 Å². The van der Waals surface area contributed by atoms with E-state index in [4.69, 9.17) is 4.52 Å². The Bertz CT molecular complexity index is 887. The summed E-state index contributed by atoms with van der Waals surface area (Å²) in [7, 11) is 0. The van der Waals surface area contributed by atoms with E-state index in [0.29, 0.717) is 17.4 Å². The van der Waals surface area contributed by atoms with Gasteiger partial charge in [-0.05, 0) is 56.2 Å². The number of hydrogen-bond acceptors (Lipinski definition) is 4. The first-order valence-corrected chi connectivity index (χ1v) is 8.64. The molecule has 0 saturated heterocycles. The van der Waals surface area contributed by atoms with Gasteiger partial charge in [0, 0.05) is 22.9 Å². The van der Waals surface area contributed by atoms with Crippen molar-refractivity contribution in [1.29, 1.82) is 0 Å². The minimum Gasteiger partial charge on any atom is -0.335 e. The van der Waals surface area contributed by atoms with Crippen molar-refractivity contribution < 1.29 is 9.32 Å². The van der Waals surface area contributed by atoms with Crippen molar-refractivity contribution in [3.63, 3.8) is 0 Å². The van der Waals surface area contributed by atoms with Crippen LogP contribution in [0.2, 0.25) is 0 Å². The molecule has 6 nitrogen and oxygen atoms in total. The highest BCUT2D eigenvalue weighted by Gasteiger charge is 2.12. The molecule has 0 fully saturated rings. The number of aromatic nitrogens is 2. The Morgan fingerprint density at radius 2 is 1.88 bits per heavy atom. The van der Waals surface area contributed by atoms with Crippen LogP contribution < -0.4 is 10.6 Å². The smallest absolute Gasteiger partial charge is 0.319 e. The Morgan fingerprint density at radius 1 is 1.15 bits per heavy atom. The maximum atomic E-state index is 11.9. The fourth-order valence-electron chi connectivity index (χ4n) is 2.46. The molecule has 1 aromatic heterocycles. The second-order valence-electron chi connectivity index (χ2n) is 6.22. The summed E-state index contributed by atoms with van der Waals surface area (Å²) in [4.78, 5) is 16.3. The fourth-order valence-corrected chi connectivity index (χ4v) is 2.46. The number of rotatable bonds is 5. The lowest BCUT2D eigenvalue weighted by Crippen LogP contribution is -2.35. The minimum atomic E-state index is -0.214. The van der Waals surface area contributed by atoms with Crippen molar-refractivity contribution in [2.24, 2.45) is 0 Å². The van der Waals surface area contributed by atoms with Crippen LogP contribution in [-0.4, -0.2) is 22.2 Å². The number of carbonyl (C=O) groups excluding carboxylic acids is 1. The largest absolute Gasteiger partial charge is 0.335 e. The Hall–Kier alpha value is -3.15. The van der Waals surface area contributed by atoms with E-state index in [1.165, 1.54) is 0 Å². The highest BCUT2D eigenvalue weighted by Crippen LogP contribution is 2.25. The predicted octanol–water partition coefficient (Wildman–Crippen LogP) is 4.63. The van der Waals surface area contributed by atoms with Gasteiger partial charge in [-0.1, -0.05) is 30.3 Å². The molecule has 2 N–H and O–H groups in total. The van der Waals surface area contributed by atoms with E-state index in [9.17, 15) is 4.79 Å². The molecule has 0 spiro atoms. The average Bonchev–Trinajstić information content (AvgIpc) is 3.12. The SMILES string of the molecule is CC[C@H](C)NC(=O)Nc1ccc(-c2noc(-c3ccccc3C)n2)cc1. The van der Waals surface area contributed by atoms with Crippen LogP contribution in [0.5, 0.6) is 0 Å². The van der Waals surface area contributed by atoms with E-state index in [1.807, 2.05) is 69.3 Å². The lowest BCUT2D eigenvalue weighted by atomic mass is 10.1. The summed E-state index contributed by atoms with van der Waals surface area (Å²) in [6, 6.07) is 15.1. The summed E-state index contributed by atoms with van der Waals surface area (Å²) in [6.45, 7) is 5.99. The zero-order valence-corrected chi connectivity index (χ0v) is 15.1. The molecular weight excluding hydrogens is 328 g/mol. The Balaban J connectivity index is 1.71. The van der Waals surface area contributed by atoms with Crippen molar-refractivity contribution in [2.75, 3.05) is 5.32 Å². The van der Waals surface area contributed by atoms with Crippen molar-refractivity contribution >= 4 is 11.7 Å². The highest BCUT2D eigenvalue weighted by molar-refractivity contribution is 5.89. The van der Waals surface area contributed by atoms with Gasteiger partial charge in [0.05, 0.1) is 0 Å². The van der Waals surface area contributed by atoms with Gasteiger partial charge in [-0.15, -0.1) is 0 Å². The molecule has 6 heteroatoms. The number of nitrogens with one attached hydrogen (secondary N) is 2. The van der Waals surface area contributed by atoms with Crippen molar-refractivity contribution in [2.45, 2.75) is 33.2 Å². The number of benzene rings is 2. The van der Waals surface area contributed by atoms with Crippen LogP contribution in [0.15, 0.2) is 53.1 Å². The molecule has 2 aromatic carbocycles. The van der Waals surface area contributed by atoms with Crippen LogP contribution in [0, 0.1) is 6.92 Å². The summed E-state index contributed by atoms with van der Waals surface area (Å²) in [5, 5.41) is 9.73. The van der Waals surface area contributed by atoms with Gasteiger partial charge in [0.1, 0.15) is 0 Å². The Kier molecular flexibility index (Phi) is 5.31. The number of anilines is 1. The first-order valence-electron chi connectivity index (χ1n) is 8.64. The molecule has 0 aliphatic heterocycles. The van der Waals surface area contributed by atoms with Crippen LogP contribution in [0.1, 0.15) is 25.8 Å². The maximum absolute atomic E-state index is 11.9. The molecule has 0 saturated carbocycles. The minimum absolute atomic E-state index is 0.133. The first-order chi connectivity index (χ1) is 12.6. The predicted molar refractivity (Wildman–Crippen MR) is 102 cm³/mol. The molecule has 3 rings (SSSR count). The average molecular weight is 350 g/mol. The lowest BCUT2D eigenvalue weighted by molar-refractivity contribution is 0.249. The van der Waals surface area contributed by atoms with Crippen LogP contribution in [0.25, 0.3) is 22.8 Å². The third-order valence-electron chi connectivity index (χ3n) is 4.19. The molecule has 134 valence electrons. The molecular formula is C20H22N4O2. The Labute approximate surface area is 152 Å². The van der Waals surface area contributed by atoms with E-state index in [1.54, 1.807) is 0 Å². The van der Waals surface area contributed by atoms with Crippen molar-refractivity contribution in [3.05, 3.63) is 54.1 Å². The zero-order chi connectivity index (χ0) is 18.5. The van der Waals surface area contributed by atoms with Gasteiger partial charge in [-0.25, -0.2) is 4.79 Å². The van der Waals surface area contributed by atoms with Crippen molar-refractivity contribution in [3.8, 4) is 22.8 Å². The number of urea groups is 1. The van der Waals surface area contributed by atoms with Gasteiger partial charge in [-0.3, -0.25) is 0 Å². The number of aryl methyl sites for hydroxylation is 1. The summed E-state index contributed by atoms with van der Waals surface area (Å²) in [5.41, 5.74) is 3.53. The van der Waals surface area contributed by atoms with Gasteiger partial charge in [-0.2, -0.15) is 4.98 Å². The fraction of sp³-hybridized carbons (Fsp3) is 0.250. The van der Waals surface area contributed by atoms with E-state index in [2.05, 4.69) is 20.8 Å². The topological polar surface area (TPSA) is 80.0 Å². The van der Waals surface area contributed by atoms with Crippen molar-refractivity contribution in [1.82, 2.24) is 15.5 Å². The molecule has 1 atom stereocenters. The molecule has 0 radical (unpaired) electrons. The van der Waals surface area contributed by atoms with Gasteiger partial charge < -0.3 is 15.2 Å². The van der Waals surface area contributed by atoms with Gasteiger partial charge in [0.15, 0.2) is 0 Å². The van der Waals surface area contributed by atoms with Crippen LogP contribution >= 0.6 is 0 Å². The van der Waals surface area contributed by atoms with E-state index >= 15 is 0 Å². The molecule has 1 heterocycles. The second-order valence-corrected chi connectivity index (χ2v) is 6.22. The molecule has 2 amide bonds. The second kappa shape index (κ2) is 7.82. The molecule has 3 aromatic rings. The normalized spacial score (nSPS) is 11.8. The van der Waals surface area contributed by atoms with Gasteiger partial charge >= 0.3 is 6.03 Å². The number of carbonyl (C=O) groups is 1. The summed E-state index contributed by atoms with van der Waals surface area (Å²) in [6.07, 6.45) is 0.882. The third kappa shape index (κ3) is 4.08. The highest BCUT2D eigenvalue weighted by atomic mass is 16.5. The number of nitrogens with zero attached hydrogens (tertiary/aromatic N) is 2. The van der Waals surface area contributed by atoms with E-state index in [0.717, 1.165) is 23.1 Å². The van der Waals surface area contributed by atoms with E-state index in [-0.39, 0.29) is 12.1 Å². The summed E-state index contributed by atoms with van der Waals surface area (Å²) >= 11 is 0. The quantitative estimate of drug-likeness (QED) is 0.703. The van der Waals surface area contributed by atoms with Gasteiger partial charge in [0.2, 0.25) is 5.82 Å². The number of hydrogen-bond donors (Lipinski definition) is 2. The van der Waals surface area contributed by atoms with Crippen LogP contribution in [-0.2, 0) is 0 Å². The molecule has 0 aliphatic carbocycles. The molecule has 0 bridgehead atoms.